The van der Waals surface area contributed by atoms with E-state index in [0.29, 0.717) is 22.3 Å². The van der Waals surface area contributed by atoms with Gasteiger partial charge in [-0.05, 0) is 22.3 Å². The average Bonchev–Trinajstić information content (AvgIpc) is 2.96. The Kier molecular flexibility index (Phi) is 10.4. The Bertz CT molecular complexity index is 1140. The molecule has 0 saturated heterocycles. The first kappa shape index (κ1) is 29.4. The molecule has 0 fully saturated rings. The lowest BCUT2D eigenvalue weighted by atomic mass is 10.1. The molecule has 4 atom stereocenters. The number of hydrogen-bond donors (Lipinski definition) is 8. The summed E-state index contributed by atoms with van der Waals surface area (Å²) in [7, 11) is 0. The van der Waals surface area contributed by atoms with E-state index in [1.807, 2.05) is 21.7 Å². The lowest BCUT2D eigenvalue weighted by Gasteiger charge is -2.14. The van der Waals surface area contributed by atoms with Gasteiger partial charge in [-0.25, -0.2) is 21.7 Å². The molecule has 4 amide bonds. The number of carbonyl (C=O) groups excluding carboxylic acids is 4. The van der Waals surface area contributed by atoms with E-state index >= 15 is 0 Å². The van der Waals surface area contributed by atoms with Crippen molar-refractivity contribution in [1.29, 1.82) is 0 Å². The van der Waals surface area contributed by atoms with Crippen LogP contribution in [0.2, 0.25) is 0 Å². The van der Waals surface area contributed by atoms with Crippen molar-refractivity contribution in [2.75, 3.05) is 0 Å². The van der Waals surface area contributed by atoms with Crippen LogP contribution in [0.5, 0.6) is 0 Å². The summed E-state index contributed by atoms with van der Waals surface area (Å²) in [5.41, 5.74) is 9.98. The summed E-state index contributed by atoms with van der Waals surface area (Å²) in [5, 5.41) is 54.3. The molecule has 40 heavy (non-hydrogen) atoms. The van der Waals surface area contributed by atoms with E-state index in [1.54, 1.807) is 48.5 Å². The summed E-state index contributed by atoms with van der Waals surface area (Å²) in [6, 6.07) is 12.5. The minimum Gasteiger partial charge on any atom is -0.380 e. The zero-order valence-corrected chi connectivity index (χ0v) is 20.4. The summed E-state index contributed by atoms with van der Waals surface area (Å²) in [6.07, 6.45) is -3.65. The van der Waals surface area contributed by atoms with Gasteiger partial charge in [-0.1, -0.05) is 48.5 Å². The minimum absolute atomic E-state index is 0.497. The van der Waals surface area contributed by atoms with E-state index < -0.39 is 48.0 Å². The molecule has 0 spiro atoms. The molecule has 4 heterocycles. The Morgan fingerprint density at radius 2 is 0.575 bits per heavy atom. The van der Waals surface area contributed by atoms with Crippen LogP contribution in [0.15, 0.2) is 68.9 Å². The Hall–Kier alpha value is -5.16. The summed E-state index contributed by atoms with van der Waals surface area (Å²) >= 11 is 0. The molecule has 0 saturated carbocycles. The first-order chi connectivity index (χ1) is 19.2. The summed E-state index contributed by atoms with van der Waals surface area (Å²) in [4.78, 5) is 48.1. The van der Waals surface area contributed by atoms with Gasteiger partial charge in [0.25, 0.3) is 23.6 Å². The maximum absolute atomic E-state index is 12.0. The van der Waals surface area contributed by atoms with Crippen molar-refractivity contribution < 1.29 is 39.6 Å². The number of aliphatic hydroxyl groups is 4. The quantitative estimate of drug-likeness (QED) is 0.164. The zero-order valence-electron chi connectivity index (χ0n) is 20.4. The molecule has 16 heteroatoms. The monoisotopic (exact) mass is 552 g/mol. The van der Waals surface area contributed by atoms with Crippen molar-refractivity contribution in [2.24, 2.45) is 20.4 Å². The molecule has 16 nitrogen and oxygen atoms in total. The number of rotatable bonds is 0. The molecule has 6 rings (SSSR count). The lowest BCUT2D eigenvalue weighted by molar-refractivity contribution is -0.146. The number of amides is 4. The Labute approximate surface area is 225 Å². The second kappa shape index (κ2) is 14.1. The van der Waals surface area contributed by atoms with Crippen molar-refractivity contribution in [3.05, 3.63) is 70.8 Å². The minimum atomic E-state index is -2.13. The van der Waals surface area contributed by atoms with Crippen LogP contribution in [-0.4, -0.2) is 93.3 Å². The van der Waals surface area contributed by atoms with Crippen LogP contribution in [0.1, 0.15) is 22.3 Å². The van der Waals surface area contributed by atoms with E-state index in [2.05, 4.69) is 20.4 Å². The van der Waals surface area contributed by atoms with Crippen molar-refractivity contribution in [2.45, 2.75) is 24.4 Å². The van der Waals surface area contributed by atoms with Crippen molar-refractivity contribution in [3.63, 3.8) is 0 Å². The fraction of sp³-hybridized carbons (Fsp3) is 0.167. The predicted molar refractivity (Wildman–Crippen MR) is 140 cm³/mol. The molecule has 4 aliphatic rings. The third-order valence-electron chi connectivity index (χ3n) is 5.10. The van der Waals surface area contributed by atoms with Crippen LogP contribution in [-0.2, 0) is 19.2 Å². The predicted octanol–water partition coefficient (Wildman–Crippen LogP) is -3.36. The van der Waals surface area contributed by atoms with Gasteiger partial charge < -0.3 is 20.4 Å². The molecule has 8 N–H and O–H groups in total. The fourth-order valence-corrected chi connectivity index (χ4v) is 2.86. The van der Waals surface area contributed by atoms with Gasteiger partial charge in [-0.15, -0.1) is 0 Å². The molecule has 4 aliphatic heterocycles. The molecule has 0 aliphatic carbocycles. The highest BCUT2D eigenvalue weighted by Gasteiger charge is 2.31. The van der Waals surface area contributed by atoms with Gasteiger partial charge in [0, 0.05) is 0 Å². The fourth-order valence-electron chi connectivity index (χ4n) is 2.86. The highest BCUT2D eigenvalue weighted by Crippen LogP contribution is 2.02. The Balaban J connectivity index is 1.77. The van der Waals surface area contributed by atoms with Crippen LogP contribution in [0.3, 0.4) is 0 Å². The van der Waals surface area contributed by atoms with Gasteiger partial charge in [0.1, 0.15) is 0 Å². The largest absolute Gasteiger partial charge is 0.380 e. The SMILES string of the molecule is O=C1N/N=C/c2ccc(cc2)/C=N/NC(=O)[C@H](O)[C@@H](O)C(=O)N/N=C/c2ccc(cc2)/C=N/NC(=O)[C@H](O)[C@H]1O. The third-order valence-corrected chi connectivity index (χ3v) is 5.10. The first-order valence-electron chi connectivity index (χ1n) is 11.4. The molecule has 2 aromatic carbocycles. The number of nitrogens with zero attached hydrogens (tertiary/aromatic N) is 4. The van der Waals surface area contributed by atoms with Gasteiger partial charge >= 0.3 is 0 Å². The maximum atomic E-state index is 12.0. The van der Waals surface area contributed by atoms with Gasteiger partial charge in [0.2, 0.25) is 0 Å². The summed E-state index contributed by atoms with van der Waals surface area (Å²) in [6.45, 7) is 0. The number of carbonyl (C=O) groups is 4. The molecule has 0 unspecified atom stereocenters. The van der Waals surface area contributed by atoms with E-state index in [1.165, 1.54) is 24.9 Å². The van der Waals surface area contributed by atoms with E-state index in [0.717, 1.165) is 0 Å². The van der Waals surface area contributed by atoms with Crippen molar-refractivity contribution >= 4 is 48.5 Å². The summed E-state index contributed by atoms with van der Waals surface area (Å²) < 4.78 is 0. The zero-order chi connectivity index (χ0) is 29.1. The van der Waals surface area contributed by atoms with Gasteiger partial charge in [-0.3, -0.25) is 19.2 Å². The Morgan fingerprint density at radius 3 is 0.750 bits per heavy atom. The molecular formula is C24H24N8O8. The standard InChI is InChI=1S/C24H24N8O8/c33-17-18(34)23(39)31-27-11-15-5-7-16(8-6-15)12-28-32-24(40)20(36)19(35)22(38)30-26-10-14-2-1-13(3-4-14)9-25-29-21(17)37/h1-12,17-20,33-36H,(H,29,37)(H,30,38)(H,31,39)(H,32,40)/b25-9+,26-10+,27-11+,28-12+/t17-,18-,19-,20-/m1/s1. The third kappa shape index (κ3) is 8.43. The average molecular weight is 553 g/mol. The first-order valence-corrected chi connectivity index (χ1v) is 11.4. The number of aliphatic hydroxyl groups excluding tert-OH is 4. The molecule has 2 aromatic rings. The molecule has 4 bridgehead atoms. The van der Waals surface area contributed by atoms with Gasteiger partial charge in [-0.2, -0.15) is 20.4 Å². The van der Waals surface area contributed by atoms with Crippen LogP contribution in [0.25, 0.3) is 0 Å². The van der Waals surface area contributed by atoms with E-state index in [-0.39, 0.29) is 0 Å². The molecule has 0 radical (unpaired) electrons. The van der Waals surface area contributed by atoms with Crippen LogP contribution in [0.4, 0.5) is 0 Å². The highest BCUT2D eigenvalue weighted by atomic mass is 16.4. The topological polar surface area (TPSA) is 247 Å². The number of nitrogens with one attached hydrogen (secondary N) is 4. The summed E-state index contributed by atoms with van der Waals surface area (Å²) in [5.74, 6) is -4.57. The molecular weight excluding hydrogens is 528 g/mol. The second-order valence-corrected chi connectivity index (χ2v) is 8.05. The van der Waals surface area contributed by atoms with E-state index in [4.69, 9.17) is 0 Å². The number of hydrazone groups is 4. The normalized spacial score (nSPS) is 26.3. The Morgan fingerprint density at radius 1 is 0.400 bits per heavy atom. The highest BCUT2D eigenvalue weighted by molar-refractivity contribution is 5.93. The lowest BCUT2D eigenvalue weighted by Crippen LogP contribution is -2.47. The van der Waals surface area contributed by atoms with Gasteiger partial charge in [0.05, 0.1) is 24.9 Å². The van der Waals surface area contributed by atoms with Crippen LogP contribution >= 0.6 is 0 Å². The number of benzene rings is 2. The molecule has 0 aromatic heterocycles. The van der Waals surface area contributed by atoms with Crippen molar-refractivity contribution in [3.8, 4) is 0 Å². The van der Waals surface area contributed by atoms with Crippen molar-refractivity contribution in [1.82, 2.24) is 21.7 Å². The maximum Gasteiger partial charge on any atom is 0.272 e. The van der Waals surface area contributed by atoms with E-state index in [9.17, 15) is 39.6 Å². The van der Waals surface area contributed by atoms with Crippen LogP contribution in [0, 0.1) is 0 Å². The smallest absolute Gasteiger partial charge is 0.272 e. The number of hydrogen-bond acceptors (Lipinski definition) is 12. The van der Waals surface area contributed by atoms with Crippen LogP contribution < -0.4 is 21.7 Å². The second-order valence-electron chi connectivity index (χ2n) is 8.05. The molecule has 208 valence electrons. The van der Waals surface area contributed by atoms with Gasteiger partial charge in [0.15, 0.2) is 24.4 Å².